The van der Waals surface area contributed by atoms with E-state index in [0.717, 1.165) is 15.0 Å². The van der Waals surface area contributed by atoms with Gasteiger partial charge in [0.05, 0.1) is 16.8 Å². The fourth-order valence-electron chi connectivity index (χ4n) is 3.59. The summed E-state index contributed by atoms with van der Waals surface area (Å²) in [7, 11) is 0. The number of imide groups is 1. The summed E-state index contributed by atoms with van der Waals surface area (Å²) in [4.78, 5) is 59.9. The molecule has 158 valence electrons. The van der Waals surface area contributed by atoms with E-state index >= 15 is 0 Å². The molecule has 0 radical (unpaired) electrons. The second-order valence-corrected chi connectivity index (χ2v) is 7.24. The maximum atomic E-state index is 12.8. The number of nitrogens with zero attached hydrogens (tertiary/aromatic N) is 4. The molecule has 5 rings (SSSR count). The normalized spacial score (nSPS) is 14.0. The van der Waals surface area contributed by atoms with Crippen LogP contribution >= 0.6 is 0 Å². The van der Waals surface area contributed by atoms with Crippen LogP contribution in [-0.4, -0.2) is 48.2 Å². The number of amides is 3. The summed E-state index contributed by atoms with van der Waals surface area (Å²) in [6, 6.07) is 15.8. The number of nitrogens with one attached hydrogen (secondary N) is 2. The molecule has 0 fully saturated rings. The molecule has 0 aliphatic carbocycles. The molecule has 0 spiro atoms. The Hall–Kier alpha value is -4.60. The maximum Gasteiger partial charge on any atom is 0.274 e. The van der Waals surface area contributed by atoms with Gasteiger partial charge < -0.3 is 0 Å². The monoisotopic (exact) mass is 428 g/mol. The average Bonchev–Trinajstić information content (AvgIpc) is 3.32. The van der Waals surface area contributed by atoms with Crippen LogP contribution in [0.4, 0.5) is 5.95 Å². The first kappa shape index (κ1) is 19.4. The molecule has 1 atom stereocenters. The molecule has 1 aliphatic heterocycles. The summed E-state index contributed by atoms with van der Waals surface area (Å²) in [5, 5.41) is 5.18. The zero-order chi connectivity index (χ0) is 22.4. The summed E-state index contributed by atoms with van der Waals surface area (Å²) in [5.74, 6) is -1.69. The molecule has 1 unspecified atom stereocenters. The van der Waals surface area contributed by atoms with Crippen LogP contribution in [0.25, 0.3) is 17.0 Å². The van der Waals surface area contributed by atoms with Crippen LogP contribution in [0.1, 0.15) is 27.6 Å². The molecule has 32 heavy (non-hydrogen) atoms. The van der Waals surface area contributed by atoms with E-state index in [4.69, 9.17) is 0 Å². The second-order valence-electron chi connectivity index (χ2n) is 7.24. The van der Waals surface area contributed by atoms with Gasteiger partial charge in [0.15, 0.2) is 0 Å². The Kier molecular flexibility index (Phi) is 4.40. The van der Waals surface area contributed by atoms with E-state index in [2.05, 4.69) is 20.4 Å². The van der Waals surface area contributed by atoms with Gasteiger partial charge in [-0.2, -0.15) is 9.50 Å². The number of hydrogen-bond acceptors (Lipinski definition) is 6. The third kappa shape index (κ3) is 3.05. The van der Waals surface area contributed by atoms with E-state index in [1.165, 1.54) is 13.0 Å². The number of carbonyl (C=O) groups is 3. The lowest BCUT2D eigenvalue weighted by Crippen LogP contribution is -2.45. The van der Waals surface area contributed by atoms with Gasteiger partial charge in [0.1, 0.15) is 6.04 Å². The second kappa shape index (κ2) is 7.27. The molecule has 10 nitrogen and oxygen atoms in total. The Morgan fingerprint density at radius 1 is 0.938 bits per heavy atom. The van der Waals surface area contributed by atoms with E-state index in [1.807, 2.05) is 30.3 Å². The first-order chi connectivity index (χ1) is 15.4. The number of rotatable bonds is 4. The number of benzene rings is 2. The SMILES string of the molecule is CC(C(=O)Nc1nc2nc(-c3ccccc3)cc(=O)n2[nH]1)N1C(=O)c2ccccc2C1=O. The van der Waals surface area contributed by atoms with Gasteiger partial charge in [0, 0.05) is 11.6 Å². The topological polar surface area (TPSA) is 130 Å². The predicted octanol–water partition coefficient (Wildman–Crippen LogP) is 1.71. The Labute approximate surface area is 180 Å². The van der Waals surface area contributed by atoms with E-state index in [0.29, 0.717) is 5.69 Å². The first-order valence-electron chi connectivity index (χ1n) is 9.77. The highest BCUT2D eigenvalue weighted by atomic mass is 16.2. The third-order valence-corrected chi connectivity index (χ3v) is 5.23. The standard InChI is InChI=1S/C22H16N6O4/c1-12(27-19(31)14-9-5-6-10-15(14)20(27)32)18(30)24-21-25-22-23-16(11-17(29)28(22)26-21)13-7-3-2-4-8-13/h2-12H,1H3,(H2,23,24,25,26,30). The molecule has 0 saturated carbocycles. The van der Waals surface area contributed by atoms with Gasteiger partial charge in [-0.15, -0.1) is 0 Å². The Morgan fingerprint density at radius 3 is 2.22 bits per heavy atom. The summed E-state index contributed by atoms with van der Waals surface area (Å²) >= 11 is 0. The lowest BCUT2D eigenvalue weighted by atomic mass is 10.1. The van der Waals surface area contributed by atoms with Gasteiger partial charge in [-0.05, 0) is 19.1 Å². The van der Waals surface area contributed by atoms with Crippen LogP contribution in [0.3, 0.4) is 0 Å². The van der Waals surface area contributed by atoms with E-state index in [9.17, 15) is 19.2 Å². The van der Waals surface area contributed by atoms with Crippen LogP contribution in [-0.2, 0) is 4.79 Å². The van der Waals surface area contributed by atoms with Crippen LogP contribution < -0.4 is 10.9 Å². The van der Waals surface area contributed by atoms with Gasteiger partial charge in [0.25, 0.3) is 23.2 Å². The lowest BCUT2D eigenvalue weighted by Gasteiger charge is -2.20. The van der Waals surface area contributed by atoms with Crippen molar-refractivity contribution in [1.29, 1.82) is 0 Å². The summed E-state index contributed by atoms with van der Waals surface area (Å²) < 4.78 is 1.09. The van der Waals surface area contributed by atoms with Crippen molar-refractivity contribution in [1.82, 2.24) is 24.5 Å². The zero-order valence-electron chi connectivity index (χ0n) is 16.8. The predicted molar refractivity (Wildman–Crippen MR) is 114 cm³/mol. The first-order valence-corrected chi connectivity index (χ1v) is 9.77. The molecular weight excluding hydrogens is 412 g/mol. The number of hydrogen-bond donors (Lipinski definition) is 2. The van der Waals surface area contributed by atoms with Crippen molar-refractivity contribution in [2.75, 3.05) is 5.32 Å². The Balaban J connectivity index is 1.40. The molecule has 10 heteroatoms. The molecule has 1 aliphatic rings. The number of H-pyrrole nitrogens is 1. The minimum atomic E-state index is -1.10. The van der Waals surface area contributed by atoms with Gasteiger partial charge in [-0.1, -0.05) is 42.5 Å². The summed E-state index contributed by atoms with van der Waals surface area (Å²) in [6.07, 6.45) is 0. The fourth-order valence-corrected chi connectivity index (χ4v) is 3.59. The fraction of sp³-hybridized carbons (Fsp3) is 0.0909. The van der Waals surface area contributed by atoms with Crippen molar-refractivity contribution in [3.63, 3.8) is 0 Å². The lowest BCUT2D eigenvalue weighted by molar-refractivity contribution is -0.119. The van der Waals surface area contributed by atoms with E-state index in [-0.39, 0.29) is 22.9 Å². The molecule has 3 amide bonds. The summed E-state index contributed by atoms with van der Waals surface area (Å²) in [6.45, 7) is 1.44. The van der Waals surface area contributed by atoms with Gasteiger partial charge in [0.2, 0.25) is 11.9 Å². The average molecular weight is 428 g/mol. The summed E-state index contributed by atoms with van der Waals surface area (Å²) in [5.41, 5.74) is 1.30. The van der Waals surface area contributed by atoms with Gasteiger partial charge in [-0.25, -0.2) is 4.98 Å². The van der Waals surface area contributed by atoms with Crippen molar-refractivity contribution >= 4 is 29.4 Å². The molecule has 0 saturated heterocycles. The third-order valence-electron chi connectivity index (χ3n) is 5.23. The Bertz CT molecular complexity index is 1420. The number of fused-ring (bicyclic) bond motifs is 2. The molecular formula is C22H16N6O4. The van der Waals surface area contributed by atoms with Crippen LogP contribution in [0, 0.1) is 0 Å². The molecule has 4 aromatic rings. The minimum Gasteiger partial charge on any atom is -0.293 e. The highest BCUT2D eigenvalue weighted by molar-refractivity contribution is 6.23. The van der Waals surface area contributed by atoms with Crippen molar-refractivity contribution in [2.45, 2.75) is 13.0 Å². The van der Waals surface area contributed by atoms with Crippen molar-refractivity contribution in [3.8, 4) is 11.3 Å². The number of carbonyl (C=O) groups excluding carboxylic acids is 3. The van der Waals surface area contributed by atoms with Crippen LogP contribution in [0.2, 0.25) is 0 Å². The number of anilines is 1. The highest BCUT2D eigenvalue weighted by Gasteiger charge is 2.40. The van der Waals surface area contributed by atoms with E-state index in [1.54, 1.807) is 24.3 Å². The maximum absolute atomic E-state index is 12.8. The van der Waals surface area contributed by atoms with Crippen molar-refractivity contribution < 1.29 is 14.4 Å². The molecule has 2 aromatic carbocycles. The molecule has 2 aromatic heterocycles. The van der Waals surface area contributed by atoms with Gasteiger partial charge >= 0.3 is 0 Å². The highest BCUT2D eigenvalue weighted by Crippen LogP contribution is 2.24. The van der Waals surface area contributed by atoms with Crippen LogP contribution in [0.5, 0.6) is 0 Å². The van der Waals surface area contributed by atoms with E-state index < -0.39 is 29.3 Å². The largest absolute Gasteiger partial charge is 0.293 e. The van der Waals surface area contributed by atoms with Gasteiger partial charge in [-0.3, -0.25) is 34.5 Å². The number of aromatic amines is 1. The van der Waals surface area contributed by atoms with Crippen molar-refractivity contribution in [2.24, 2.45) is 0 Å². The number of aromatic nitrogens is 4. The smallest absolute Gasteiger partial charge is 0.274 e. The molecule has 3 heterocycles. The molecule has 0 bridgehead atoms. The quantitative estimate of drug-likeness (QED) is 0.476. The Morgan fingerprint density at radius 2 is 1.56 bits per heavy atom. The van der Waals surface area contributed by atoms with Crippen molar-refractivity contribution in [3.05, 3.63) is 82.1 Å². The van der Waals surface area contributed by atoms with Crippen LogP contribution in [0.15, 0.2) is 65.5 Å². The molecule has 2 N–H and O–H groups in total. The minimum absolute atomic E-state index is 0.0340. The zero-order valence-corrected chi connectivity index (χ0v) is 16.8.